The van der Waals surface area contributed by atoms with Gasteiger partial charge in [-0.3, -0.25) is 10.1 Å². The van der Waals surface area contributed by atoms with E-state index in [4.69, 9.17) is 10.00 Å². The van der Waals surface area contributed by atoms with Crippen LogP contribution in [0.15, 0.2) is 30.5 Å². The van der Waals surface area contributed by atoms with Gasteiger partial charge in [0.05, 0.1) is 4.92 Å². The minimum atomic E-state index is -0.768. The molecule has 1 aliphatic rings. The predicted octanol–water partition coefficient (Wildman–Crippen LogP) is 3.19. The van der Waals surface area contributed by atoms with Gasteiger partial charge >= 0.3 is 5.69 Å². The standard InChI is InChI=1S/C17H14F2N4O3/c18-11-1-2-17(14(19)7-11)26-13-3-5-22(6-4-13)15-8-12(9-20)21-10-16(15)23(24)25/h1-2,7-8,10,13H,3-6H2. The van der Waals surface area contributed by atoms with E-state index in [-0.39, 0.29) is 23.2 Å². The number of nitro groups is 1. The van der Waals surface area contributed by atoms with Crippen LogP contribution in [0.2, 0.25) is 0 Å². The van der Waals surface area contributed by atoms with E-state index in [9.17, 15) is 18.9 Å². The SMILES string of the molecule is N#Cc1cc(N2CCC(Oc3ccc(F)cc3F)CC2)c([N+](=O)[O-])cn1. The van der Waals surface area contributed by atoms with Crippen molar-refractivity contribution in [3.05, 3.63) is 57.9 Å². The molecule has 1 fully saturated rings. The van der Waals surface area contributed by atoms with E-state index in [1.54, 1.807) is 4.90 Å². The fourth-order valence-corrected chi connectivity index (χ4v) is 2.86. The summed E-state index contributed by atoms with van der Waals surface area (Å²) in [6.45, 7) is 0.867. The molecule has 1 aromatic carbocycles. The van der Waals surface area contributed by atoms with E-state index in [0.29, 0.717) is 31.6 Å². The summed E-state index contributed by atoms with van der Waals surface area (Å²) >= 11 is 0. The smallest absolute Gasteiger partial charge is 0.310 e. The van der Waals surface area contributed by atoms with E-state index in [1.165, 1.54) is 12.1 Å². The van der Waals surface area contributed by atoms with Crippen molar-refractivity contribution in [2.45, 2.75) is 18.9 Å². The molecule has 0 spiro atoms. The van der Waals surface area contributed by atoms with E-state index in [0.717, 1.165) is 18.3 Å². The van der Waals surface area contributed by atoms with Gasteiger partial charge in [-0.2, -0.15) is 5.26 Å². The highest BCUT2D eigenvalue weighted by atomic mass is 19.1. The Morgan fingerprint density at radius 2 is 2.04 bits per heavy atom. The lowest BCUT2D eigenvalue weighted by Crippen LogP contribution is -2.38. The number of piperidine rings is 1. The molecule has 0 bridgehead atoms. The Labute approximate surface area is 147 Å². The molecule has 0 atom stereocenters. The average Bonchev–Trinajstić information content (AvgIpc) is 2.64. The largest absolute Gasteiger partial charge is 0.487 e. The van der Waals surface area contributed by atoms with Crippen molar-refractivity contribution in [1.29, 1.82) is 5.26 Å². The average molecular weight is 360 g/mol. The topological polar surface area (TPSA) is 92.3 Å². The highest BCUT2D eigenvalue weighted by Gasteiger charge is 2.27. The van der Waals surface area contributed by atoms with Gasteiger partial charge in [0.1, 0.15) is 35.6 Å². The molecule has 1 aromatic heterocycles. The summed E-state index contributed by atoms with van der Waals surface area (Å²) in [5.41, 5.74) is 0.248. The lowest BCUT2D eigenvalue weighted by atomic mass is 10.1. The first-order valence-electron chi connectivity index (χ1n) is 7.89. The van der Waals surface area contributed by atoms with Gasteiger partial charge in [-0.1, -0.05) is 0 Å². The van der Waals surface area contributed by atoms with E-state index < -0.39 is 16.6 Å². The third-order valence-electron chi connectivity index (χ3n) is 4.14. The molecule has 0 aliphatic carbocycles. The molecule has 2 heterocycles. The van der Waals surface area contributed by atoms with Gasteiger partial charge in [0.15, 0.2) is 11.6 Å². The van der Waals surface area contributed by atoms with E-state index >= 15 is 0 Å². The van der Waals surface area contributed by atoms with Crippen LogP contribution in [-0.2, 0) is 0 Å². The molecule has 0 N–H and O–H groups in total. The van der Waals surface area contributed by atoms with Crippen molar-refractivity contribution in [2.24, 2.45) is 0 Å². The number of halogens is 2. The zero-order valence-corrected chi connectivity index (χ0v) is 13.6. The number of aromatic nitrogens is 1. The number of pyridine rings is 1. The Morgan fingerprint density at radius 3 is 2.65 bits per heavy atom. The van der Waals surface area contributed by atoms with Gasteiger partial charge in [-0.05, 0) is 12.1 Å². The Balaban J connectivity index is 1.71. The van der Waals surface area contributed by atoms with Crippen molar-refractivity contribution < 1.29 is 18.4 Å². The van der Waals surface area contributed by atoms with Gasteiger partial charge in [0, 0.05) is 38.1 Å². The van der Waals surface area contributed by atoms with Gasteiger partial charge < -0.3 is 9.64 Å². The van der Waals surface area contributed by atoms with Crippen molar-refractivity contribution >= 4 is 11.4 Å². The van der Waals surface area contributed by atoms with Crippen LogP contribution in [-0.4, -0.2) is 29.1 Å². The van der Waals surface area contributed by atoms with Gasteiger partial charge in [-0.15, -0.1) is 0 Å². The summed E-state index contributed by atoms with van der Waals surface area (Å²) < 4.78 is 32.2. The normalized spacial score (nSPS) is 14.7. The lowest BCUT2D eigenvalue weighted by molar-refractivity contribution is -0.384. The molecule has 7 nitrogen and oxygen atoms in total. The number of hydrogen-bond donors (Lipinski definition) is 0. The molecule has 9 heteroatoms. The van der Waals surface area contributed by atoms with Crippen molar-refractivity contribution in [3.63, 3.8) is 0 Å². The first-order chi connectivity index (χ1) is 12.5. The maximum atomic E-state index is 13.7. The number of ether oxygens (including phenoxy) is 1. The molecule has 0 radical (unpaired) electrons. The Morgan fingerprint density at radius 1 is 1.31 bits per heavy atom. The number of anilines is 1. The molecule has 0 unspecified atom stereocenters. The predicted molar refractivity (Wildman–Crippen MR) is 87.8 cm³/mol. The van der Waals surface area contributed by atoms with Gasteiger partial charge in [0.2, 0.25) is 0 Å². The van der Waals surface area contributed by atoms with Crippen LogP contribution in [0.3, 0.4) is 0 Å². The summed E-state index contributed by atoms with van der Waals surface area (Å²) in [6.07, 6.45) is 1.78. The first-order valence-corrected chi connectivity index (χ1v) is 7.89. The van der Waals surface area contributed by atoms with Crippen LogP contribution in [0.25, 0.3) is 0 Å². The summed E-state index contributed by atoms with van der Waals surface area (Å²) in [6, 6.07) is 6.38. The van der Waals surface area contributed by atoms with Crippen LogP contribution in [0.5, 0.6) is 5.75 Å². The van der Waals surface area contributed by atoms with Crippen LogP contribution >= 0.6 is 0 Å². The van der Waals surface area contributed by atoms with Crippen molar-refractivity contribution in [2.75, 3.05) is 18.0 Å². The Kier molecular flexibility index (Phi) is 4.93. The molecule has 0 amide bonds. The van der Waals surface area contributed by atoms with Crippen LogP contribution in [0, 0.1) is 33.1 Å². The van der Waals surface area contributed by atoms with Crippen LogP contribution < -0.4 is 9.64 Å². The number of nitriles is 1. The number of hydrogen-bond acceptors (Lipinski definition) is 6. The maximum Gasteiger partial charge on any atom is 0.310 e. The van der Waals surface area contributed by atoms with E-state index in [1.807, 2.05) is 6.07 Å². The molecule has 1 saturated heterocycles. The molecule has 134 valence electrons. The third kappa shape index (κ3) is 3.69. The van der Waals surface area contributed by atoms with Gasteiger partial charge in [-0.25, -0.2) is 13.8 Å². The molecule has 26 heavy (non-hydrogen) atoms. The highest BCUT2D eigenvalue weighted by Crippen LogP contribution is 2.31. The lowest BCUT2D eigenvalue weighted by Gasteiger charge is -2.33. The zero-order chi connectivity index (χ0) is 18.7. The number of rotatable bonds is 4. The number of nitrogens with zero attached hydrogens (tertiary/aromatic N) is 4. The monoisotopic (exact) mass is 360 g/mol. The molecule has 3 rings (SSSR count). The minimum absolute atomic E-state index is 0.0218. The second kappa shape index (κ2) is 7.31. The molecular formula is C17H14F2N4O3. The minimum Gasteiger partial charge on any atom is -0.487 e. The fourth-order valence-electron chi connectivity index (χ4n) is 2.86. The third-order valence-corrected chi connectivity index (χ3v) is 4.14. The summed E-state index contributed by atoms with van der Waals surface area (Å²) in [5.74, 6) is -1.47. The highest BCUT2D eigenvalue weighted by molar-refractivity contribution is 5.64. The van der Waals surface area contributed by atoms with Crippen molar-refractivity contribution in [1.82, 2.24) is 4.98 Å². The maximum absolute atomic E-state index is 13.7. The summed E-state index contributed by atoms with van der Waals surface area (Å²) in [5, 5.41) is 20.2. The quantitative estimate of drug-likeness (QED) is 0.614. The Hall–Kier alpha value is -3.28. The number of benzene rings is 1. The van der Waals surface area contributed by atoms with Crippen LogP contribution in [0.4, 0.5) is 20.2 Å². The van der Waals surface area contributed by atoms with Crippen LogP contribution in [0.1, 0.15) is 18.5 Å². The molecule has 2 aromatic rings. The Bertz CT molecular complexity index is 877. The van der Waals surface area contributed by atoms with E-state index in [2.05, 4.69) is 4.98 Å². The molecule has 0 saturated carbocycles. The summed E-state index contributed by atoms with van der Waals surface area (Å²) in [7, 11) is 0. The molecule has 1 aliphatic heterocycles. The molecular weight excluding hydrogens is 346 g/mol. The van der Waals surface area contributed by atoms with Crippen molar-refractivity contribution in [3.8, 4) is 11.8 Å². The second-order valence-corrected chi connectivity index (χ2v) is 5.81. The second-order valence-electron chi connectivity index (χ2n) is 5.81. The van der Waals surface area contributed by atoms with Gasteiger partial charge in [0.25, 0.3) is 0 Å². The zero-order valence-electron chi connectivity index (χ0n) is 13.6. The summed E-state index contributed by atoms with van der Waals surface area (Å²) in [4.78, 5) is 16.2. The fraction of sp³-hybridized carbons (Fsp3) is 0.294. The first kappa shape index (κ1) is 17.5.